The summed E-state index contributed by atoms with van der Waals surface area (Å²) in [6.07, 6.45) is 4.06. The molecule has 0 amide bonds. The molecular weight excluding hydrogens is 466 g/mol. The lowest BCUT2D eigenvalue weighted by molar-refractivity contribution is -0.143. The van der Waals surface area contributed by atoms with Crippen LogP contribution in [0.1, 0.15) is 121 Å². The number of aryl methyl sites for hydroxylation is 1. The van der Waals surface area contributed by atoms with Gasteiger partial charge in [0.05, 0.1) is 16.7 Å². The van der Waals surface area contributed by atoms with Crippen LogP contribution in [0, 0.1) is 5.92 Å². The summed E-state index contributed by atoms with van der Waals surface area (Å²) in [4.78, 5) is 0. The van der Waals surface area contributed by atoms with Crippen LogP contribution in [0.15, 0.2) is 18.2 Å². The molecule has 0 fully saturated rings. The van der Waals surface area contributed by atoms with Gasteiger partial charge in [-0.15, -0.1) is 0 Å². The van der Waals surface area contributed by atoms with Crippen LogP contribution in [0.25, 0.3) is 0 Å². The lowest BCUT2D eigenvalue weighted by Gasteiger charge is -2.39. The van der Waals surface area contributed by atoms with E-state index in [4.69, 9.17) is 4.74 Å². The second-order valence-electron chi connectivity index (χ2n) is 9.74. The summed E-state index contributed by atoms with van der Waals surface area (Å²) < 4.78 is 84.5. The molecule has 0 aliphatic heterocycles. The van der Waals surface area contributed by atoms with Crippen molar-refractivity contribution < 1.29 is 31.1 Å². The topological polar surface area (TPSA) is 9.23 Å². The number of benzene rings is 1. The molecule has 0 aromatic heterocycles. The predicted molar refractivity (Wildman–Crippen MR) is 130 cm³/mol. The van der Waals surface area contributed by atoms with Crippen LogP contribution >= 0.6 is 0 Å². The lowest BCUT2D eigenvalue weighted by atomic mass is 9.76. The van der Waals surface area contributed by atoms with E-state index in [1.807, 2.05) is 0 Å². The van der Waals surface area contributed by atoms with Crippen LogP contribution < -0.4 is 0 Å². The third-order valence-corrected chi connectivity index (χ3v) is 7.42. The molecule has 0 spiro atoms. The smallest absolute Gasteiger partial charge is 0.378 e. The molecule has 0 bridgehead atoms. The van der Waals surface area contributed by atoms with Crippen molar-refractivity contribution >= 4 is 0 Å². The quantitative estimate of drug-likeness (QED) is 0.150. The zero-order valence-electron chi connectivity index (χ0n) is 21.9. The van der Waals surface area contributed by atoms with E-state index in [9.17, 15) is 26.3 Å². The average molecular weight is 511 g/mol. The molecule has 1 aromatic rings. The molecule has 1 atom stereocenters. The van der Waals surface area contributed by atoms with Gasteiger partial charge >= 0.3 is 12.4 Å². The second kappa shape index (κ2) is 15.1. The van der Waals surface area contributed by atoms with Gasteiger partial charge in [-0.2, -0.15) is 26.3 Å². The van der Waals surface area contributed by atoms with Gasteiger partial charge in [-0.05, 0) is 68.2 Å². The third kappa shape index (κ3) is 10.7. The highest BCUT2D eigenvalue weighted by Crippen LogP contribution is 2.38. The predicted octanol–water partition coefficient (Wildman–Crippen LogP) is 10.4. The molecule has 1 aromatic carbocycles. The summed E-state index contributed by atoms with van der Waals surface area (Å²) in [6.45, 7) is 6.49. The minimum atomic E-state index is -4.80. The maximum absolute atomic E-state index is 13.1. The number of hydrogen-bond acceptors (Lipinski definition) is 1. The monoisotopic (exact) mass is 510 g/mol. The maximum Gasteiger partial charge on any atom is 0.416 e. The normalized spacial score (nSPS) is 13.9. The van der Waals surface area contributed by atoms with E-state index in [2.05, 4.69) is 20.8 Å². The molecule has 35 heavy (non-hydrogen) atoms. The summed E-state index contributed by atoms with van der Waals surface area (Å²) >= 11 is 0. The molecule has 0 aliphatic carbocycles. The number of methoxy groups -OCH3 is 1. The van der Waals surface area contributed by atoms with Crippen LogP contribution in [0.5, 0.6) is 0 Å². The molecule has 1 nitrogen and oxygen atoms in total. The molecule has 1 rings (SSSR count). The van der Waals surface area contributed by atoms with Gasteiger partial charge in [0.25, 0.3) is 0 Å². The standard InChI is InChI=1S/C28H44F6O/c1-5-8-9-10-11-14-17-23(26(6-2,7-3)35-4)18-15-12-13-16-22-19-24(27(29,30)31)21-25(20-22)28(32,33)34/h19-21,23H,5-18H2,1-4H3. The highest BCUT2D eigenvalue weighted by Gasteiger charge is 2.37. The van der Waals surface area contributed by atoms with Crippen LogP contribution in [-0.2, 0) is 23.5 Å². The van der Waals surface area contributed by atoms with Crippen molar-refractivity contribution in [1.82, 2.24) is 0 Å². The van der Waals surface area contributed by atoms with Crippen molar-refractivity contribution in [3.05, 3.63) is 34.9 Å². The molecule has 0 N–H and O–H groups in total. The number of unbranched alkanes of at least 4 members (excludes halogenated alkanes) is 7. The van der Waals surface area contributed by atoms with E-state index in [0.717, 1.165) is 57.1 Å². The number of halogens is 6. The van der Waals surface area contributed by atoms with E-state index >= 15 is 0 Å². The first-order valence-corrected chi connectivity index (χ1v) is 13.3. The zero-order chi connectivity index (χ0) is 26.5. The van der Waals surface area contributed by atoms with Crippen LogP contribution in [-0.4, -0.2) is 12.7 Å². The lowest BCUT2D eigenvalue weighted by Crippen LogP contribution is -2.39. The minimum Gasteiger partial charge on any atom is -0.378 e. The Kier molecular flexibility index (Phi) is 13.7. The summed E-state index contributed by atoms with van der Waals surface area (Å²) in [5.74, 6) is 0.402. The molecule has 0 aliphatic rings. The van der Waals surface area contributed by atoms with Gasteiger partial charge < -0.3 is 4.74 Å². The van der Waals surface area contributed by atoms with Gasteiger partial charge in [0.1, 0.15) is 0 Å². The Morgan fingerprint density at radius 3 is 1.54 bits per heavy atom. The van der Waals surface area contributed by atoms with Gasteiger partial charge in [0.15, 0.2) is 0 Å². The average Bonchev–Trinajstić information content (AvgIpc) is 2.80. The molecule has 7 heteroatoms. The number of rotatable bonds is 17. The van der Waals surface area contributed by atoms with E-state index < -0.39 is 23.5 Å². The van der Waals surface area contributed by atoms with Crippen LogP contribution in [0.3, 0.4) is 0 Å². The van der Waals surface area contributed by atoms with E-state index in [1.54, 1.807) is 7.11 Å². The molecule has 0 heterocycles. The van der Waals surface area contributed by atoms with E-state index in [1.165, 1.54) is 32.1 Å². The van der Waals surface area contributed by atoms with E-state index in [0.29, 0.717) is 12.3 Å². The van der Waals surface area contributed by atoms with Crippen LogP contribution in [0.2, 0.25) is 0 Å². The molecule has 1 unspecified atom stereocenters. The Balaban J connectivity index is 2.71. The Morgan fingerprint density at radius 2 is 1.11 bits per heavy atom. The van der Waals surface area contributed by atoms with Gasteiger partial charge in [-0.1, -0.05) is 72.1 Å². The van der Waals surface area contributed by atoms with Crippen LogP contribution in [0.4, 0.5) is 26.3 Å². The fourth-order valence-corrected chi connectivity index (χ4v) is 5.18. The van der Waals surface area contributed by atoms with Crippen molar-refractivity contribution in [2.24, 2.45) is 5.92 Å². The van der Waals surface area contributed by atoms with Crippen molar-refractivity contribution in [3.63, 3.8) is 0 Å². The van der Waals surface area contributed by atoms with E-state index in [-0.39, 0.29) is 23.7 Å². The van der Waals surface area contributed by atoms with Gasteiger partial charge in [0.2, 0.25) is 0 Å². The maximum atomic E-state index is 13.1. The SMILES string of the molecule is CCCCCCCCC(CCCCCc1cc(C(F)(F)F)cc(C(F)(F)F)c1)C(CC)(CC)OC. The fraction of sp³-hybridized carbons (Fsp3) is 0.786. The van der Waals surface area contributed by atoms with Gasteiger partial charge in [-0.3, -0.25) is 0 Å². The van der Waals surface area contributed by atoms with Crippen molar-refractivity contribution in [3.8, 4) is 0 Å². The van der Waals surface area contributed by atoms with Gasteiger partial charge in [-0.25, -0.2) is 0 Å². The second-order valence-corrected chi connectivity index (χ2v) is 9.74. The zero-order valence-corrected chi connectivity index (χ0v) is 21.9. The fourth-order valence-electron chi connectivity index (χ4n) is 5.18. The number of hydrogen-bond donors (Lipinski definition) is 0. The summed E-state index contributed by atoms with van der Waals surface area (Å²) in [7, 11) is 1.77. The Hall–Kier alpha value is -1.24. The Morgan fingerprint density at radius 1 is 0.657 bits per heavy atom. The molecule has 0 radical (unpaired) electrons. The molecule has 0 saturated carbocycles. The highest BCUT2D eigenvalue weighted by molar-refractivity contribution is 5.33. The Bertz CT molecular complexity index is 666. The first-order chi connectivity index (χ1) is 16.4. The number of ether oxygens (including phenoxy) is 1. The third-order valence-electron chi connectivity index (χ3n) is 7.42. The van der Waals surface area contributed by atoms with Crippen molar-refractivity contribution in [1.29, 1.82) is 0 Å². The molecule has 204 valence electrons. The molecular formula is C28H44F6O. The summed E-state index contributed by atoms with van der Waals surface area (Å²) in [5.41, 5.74) is -2.56. The first-order valence-electron chi connectivity index (χ1n) is 13.3. The minimum absolute atomic E-state index is 0.0872. The number of alkyl halides is 6. The largest absolute Gasteiger partial charge is 0.416 e. The highest BCUT2D eigenvalue weighted by atomic mass is 19.4. The first kappa shape index (κ1) is 31.8. The van der Waals surface area contributed by atoms with Crippen molar-refractivity contribution in [2.75, 3.05) is 7.11 Å². The summed E-state index contributed by atoms with van der Waals surface area (Å²) in [5, 5.41) is 0. The van der Waals surface area contributed by atoms with Gasteiger partial charge in [0, 0.05) is 7.11 Å². The van der Waals surface area contributed by atoms with Crippen molar-refractivity contribution in [2.45, 2.75) is 129 Å². The Labute approximate surface area is 208 Å². The molecule has 0 saturated heterocycles. The summed E-state index contributed by atoms with van der Waals surface area (Å²) in [6, 6.07) is 1.89.